The fourth-order valence-electron chi connectivity index (χ4n) is 3.36. The van der Waals surface area contributed by atoms with Gasteiger partial charge in [0.15, 0.2) is 5.82 Å². The molecule has 1 aromatic heterocycles. The fourth-order valence-corrected chi connectivity index (χ4v) is 3.36. The van der Waals surface area contributed by atoms with Gasteiger partial charge in [-0.3, -0.25) is 10.1 Å². The Bertz CT molecular complexity index is 825. The summed E-state index contributed by atoms with van der Waals surface area (Å²) >= 11 is 0. The third-order valence-corrected chi connectivity index (χ3v) is 4.78. The highest BCUT2D eigenvalue weighted by Gasteiger charge is 2.27. The highest BCUT2D eigenvalue weighted by atomic mass is 16.6. The van der Waals surface area contributed by atoms with Crippen molar-refractivity contribution >= 4 is 11.5 Å². The third kappa shape index (κ3) is 3.13. The monoisotopic (exact) mass is 356 g/mol. The third-order valence-electron chi connectivity index (χ3n) is 4.78. The SMILES string of the molecule is C[C@H]1COCCN1c1nc(-c2ccc([N+](=O)[O-])cc2)nc2c1COCC2. The molecule has 26 heavy (non-hydrogen) atoms. The predicted octanol–water partition coefficient (Wildman–Crippen LogP) is 2.35. The molecule has 8 heteroatoms. The number of nitro groups is 1. The topological polar surface area (TPSA) is 90.6 Å². The molecule has 0 spiro atoms. The van der Waals surface area contributed by atoms with Crippen molar-refractivity contribution in [3.63, 3.8) is 0 Å². The van der Waals surface area contributed by atoms with Crippen LogP contribution in [0.2, 0.25) is 0 Å². The van der Waals surface area contributed by atoms with Crippen LogP contribution in [0.1, 0.15) is 18.2 Å². The number of aromatic nitrogens is 2. The van der Waals surface area contributed by atoms with Crippen molar-refractivity contribution in [2.75, 3.05) is 31.3 Å². The minimum absolute atomic E-state index is 0.0575. The highest BCUT2D eigenvalue weighted by Crippen LogP contribution is 2.31. The summed E-state index contributed by atoms with van der Waals surface area (Å²) in [4.78, 5) is 22.2. The zero-order chi connectivity index (χ0) is 18.1. The molecule has 0 aliphatic carbocycles. The number of hydrogen-bond acceptors (Lipinski definition) is 7. The first kappa shape index (κ1) is 16.9. The van der Waals surface area contributed by atoms with Crippen LogP contribution in [0.3, 0.4) is 0 Å². The van der Waals surface area contributed by atoms with Crippen LogP contribution >= 0.6 is 0 Å². The molecule has 0 saturated carbocycles. The van der Waals surface area contributed by atoms with Gasteiger partial charge >= 0.3 is 0 Å². The van der Waals surface area contributed by atoms with E-state index >= 15 is 0 Å². The Hall–Kier alpha value is -2.58. The van der Waals surface area contributed by atoms with Crippen molar-refractivity contribution in [3.8, 4) is 11.4 Å². The average molecular weight is 356 g/mol. The van der Waals surface area contributed by atoms with Crippen LogP contribution in [0.5, 0.6) is 0 Å². The van der Waals surface area contributed by atoms with Gasteiger partial charge in [0.1, 0.15) is 5.82 Å². The Balaban J connectivity index is 1.78. The van der Waals surface area contributed by atoms with Crippen LogP contribution in [-0.4, -0.2) is 47.3 Å². The van der Waals surface area contributed by atoms with Gasteiger partial charge in [0.05, 0.1) is 43.1 Å². The van der Waals surface area contributed by atoms with Gasteiger partial charge in [-0.1, -0.05) is 0 Å². The smallest absolute Gasteiger partial charge is 0.269 e. The van der Waals surface area contributed by atoms with Gasteiger partial charge in [-0.05, 0) is 19.1 Å². The van der Waals surface area contributed by atoms with Crippen LogP contribution in [0.25, 0.3) is 11.4 Å². The lowest BCUT2D eigenvalue weighted by Gasteiger charge is -2.36. The van der Waals surface area contributed by atoms with Crippen molar-refractivity contribution in [3.05, 3.63) is 45.6 Å². The van der Waals surface area contributed by atoms with Crippen LogP contribution in [-0.2, 0) is 22.5 Å². The van der Waals surface area contributed by atoms with E-state index in [1.807, 2.05) is 0 Å². The molecule has 1 aromatic carbocycles. The van der Waals surface area contributed by atoms with Crippen LogP contribution in [0, 0.1) is 10.1 Å². The first-order chi connectivity index (χ1) is 12.6. The second-order valence-electron chi connectivity index (χ2n) is 6.52. The lowest BCUT2D eigenvalue weighted by molar-refractivity contribution is -0.384. The minimum atomic E-state index is -0.407. The van der Waals surface area contributed by atoms with Crippen molar-refractivity contribution in [1.29, 1.82) is 0 Å². The number of benzene rings is 1. The lowest BCUT2D eigenvalue weighted by Crippen LogP contribution is -2.45. The number of nitrogens with zero attached hydrogens (tertiary/aromatic N) is 4. The predicted molar refractivity (Wildman–Crippen MR) is 95.1 cm³/mol. The van der Waals surface area contributed by atoms with E-state index in [4.69, 9.17) is 19.4 Å². The zero-order valence-electron chi connectivity index (χ0n) is 14.6. The number of nitro benzene ring substituents is 1. The number of ether oxygens (including phenoxy) is 2. The summed E-state index contributed by atoms with van der Waals surface area (Å²) in [5, 5.41) is 10.9. The van der Waals surface area contributed by atoms with Crippen LogP contribution in [0.4, 0.5) is 11.5 Å². The van der Waals surface area contributed by atoms with E-state index in [0.29, 0.717) is 32.3 Å². The van der Waals surface area contributed by atoms with Crippen molar-refractivity contribution < 1.29 is 14.4 Å². The zero-order valence-corrected chi connectivity index (χ0v) is 14.6. The quantitative estimate of drug-likeness (QED) is 0.616. The molecule has 136 valence electrons. The lowest BCUT2D eigenvalue weighted by atomic mass is 10.1. The van der Waals surface area contributed by atoms with E-state index in [0.717, 1.165) is 35.6 Å². The maximum absolute atomic E-state index is 10.9. The van der Waals surface area contributed by atoms with Crippen molar-refractivity contribution in [1.82, 2.24) is 9.97 Å². The van der Waals surface area contributed by atoms with Gasteiger partial charge in [0.2, 0.25) is 0 Å². The molecule has 1 fully saturated rings. The molecule has 8 nitrogen and oxygen atoms in total. The second-order valence-corrected chi connectivity index (χ2v) is 6.52. The minimum Gasteiger partial charge on any atom is -0.377 e. The summed E-state index contributed by atoms with van der Waals surface area (Å²) in [6.45, 7) is 5.35. The van der Waals surface area contributed by atoms with E-state index in [1.54, 1.807) is 12.1 Å². The summed E-state index contributed by atoms with van der Waals surface area (Å²) in [6.07, 6.45) is 0.740. The normalized spacial score (nSPS) is 19.9. The summed E-state index contributed by atoms with van der Waals surface area (Å²) in [5.41, 5.74) is 2.86. The average Bonchev–Trinajstić information content (AvgIpc) is 2.68. The summed E-state index contributed by atoms with van der Waals surface area (Å²) in [6, 6.07) is 6.59. The summed E-state index contributed by atoms with van der Waals surface area (Å²) < 4.78 is 11.2. The molecule has 3 heterocycles. The van der Waals surface area contributed by atoms with Gasteiger partial charge in [0.25, 0.3) is 5.69 Å². The maximum atomic E-state index is 10.9. The molecule has 2 aromatic rings. The molecule has 1 atom stereocenters. The number of anilines is 1. The van der Waals surface area contributed by atoms with E-state index < -0.39 is 4.92 Å². The van der Waals surface area contributed by atoms with E-state index in [9.17, 15) is 10.1 Å². The molecule has 0 bridgehead atoms. The number of morpholine rings is 1. The first-order valence-electron chi connectivity index (χ1n) is 8.70. The van der Waals surface area contributed by atoms with Crippen LogP contribution < -0.4 is 4.90 Å². The highest BCUT2D eigenvalue weighted by molar-refractivity contribution is 5.62. The molecule has 0 amide bonds. The van der Waals surface area contributed by atoms with Gasteiger partial charge < -0.3 is 14.4 Å². The van der Waals surface area contributed by atoms with Crippen molar-refractivity contribution in [2.45, 2.75) is 26.0 Å². The largest absolute Gasteiger partial charge is 0.377 e. The Morgan fingerprint density at radius 2 is 2.00 bits per heavy atom. The van der Waals surface area contributed by atoms with Crippen molar-refractivity contribution in [2.24, 2.45) is 0 Å². The molecule has 0 unspecified atom stereocenters. The molecule has 0 radical (unpaired) electrons. The van der Waals surface area contributed by atoms with Gasteiger partial charge in [-0.25, -0.2) is 9.97 Å². The number of fused-ring (bicyclic) bond motifs is 1. The summed E-state index contributed by atoms with van der Waals surface area (Å²) in [7, 11) is 0. The Labute approximate surface area is 150 Å². The molecular formula is C18H20N4O4. The Morgan fingerprint density at radius 1 is 1.19 bits per heavy atom. The van der Waals surface area contributed by atoms with Gasteiger partial charge in [-0.2, -0.15) is 0 Å². The van der Waals surface area contributed by atoms with Crippen LogP contribution in [0.15, 0.2) is 24.3 Å². The summed E-state index contributed by atoms with van der Waals surface area (Å²) in [5.74, 6) is 1.48. The van der Waals surface area contributed by atoms with E-state index in [2.05, 4.69) is 11.8 Å². The van der Waals surface area contributed by atoms with E-state index in [-0.39, 0.29) is 11.7 Å². The molecule has 4 rings (SSSR count). The van der Waals surface area contributed by atoms with Gasteiger partial charge in [-0.15, -0.1) is 0 Å². The standard InChI is InChI=1S/C18H20N4O4/c1-12-10-26-9-7-21(12)18-15-11-25-8-6-16(15)19-17(20-18)13-2-4-14(5-3-13)22(23)24/h2-5,12H,6-11H2,1H3/t12-/m0/s1. The first-order valence-corrected chi connectivity index (χ1v) is 8.70. The number of rotatable bonds is 3. The molecular weight excluding hydrogens is 336 g/mol. The Morgan fingerprint density at radius 3 is 2.73 bits per heavy atom. The molecule has 0 N–H and O–H groups in total. The fraction of sp³-hybridized carbons (Fsp3) is 0.444. The molecule has 2 aliphatic heterocycles. The maximum Gasteiger partial charge on any atom is 0.269 e. The Kier molecular flexibility index (Phi) is 4.52. The van der Waals surface area contributed by atoms with Gasteiger partial charge in [0, 0.05) is 36.2 Å². The molecule has 2 aliphatic rings. The molecule has 1 saturated heterocycles. The number of non-ortho nitro benzene ring substituents is 1. The van der Waals surface area contributed by atoms with E-state index in [1.165, 1.54) is 12.1 Å². The number of hydrogen-bond donors (Lipinski definition) is 0. The second kappa shape index (κ2) is 6.97.